The molecule has 0 saturated carbocycles. The fraction of sp³-hybridized carbons (Fsp3) is 0.267. The monoisotopic (exact) mass is 306 g/mol. The van der Waals surface area contributed by atoms with E-state index in [0.29, 0.717) is 10.5 Å². The van der Waals surface area contributed by atoms with Crippen molar-refractivity contribution in [3.05, 3.63) is 41.0 Å². The molecule has 1 atom stereocenters. The van der Waals surface area contributed by atoms with Crippen LogP contribution in [0.15, 0.2) is 30.3 Å². The molecule has 21 heavy (non-hydrogen) atoms. The Bertz CT molecular complexity index is 702. The molecule has 1 amide bonds. The summed E-state index contributed by atoms with van der Waals surface area (Å²) in [6.07, 6.45) is 0. The average Bonchev–Trinajstić information content (AvgIpc) is 2.45. The Morgan fingerprint density at radius 2 is 2.00 bits per heavy atom. The topological polar surface area (TPSA) is 70.5 Å². The Labute approximate surface area is 127 Å². The SMILES string of the molecule is CC(CN(C)C(=O)c1ccc2ccc(Cl)cc2n1)C(=O)O. The van der Waals surface area contributed by atoms with Gasteiger partial charge in [-0.1, -0.05) is 30.7 Å². The number of amides is 1. The summed E-state index contributed by atoms with van der Waals surface area (Å²) in [5.41, 5.74) is 0.901. The zero-order valence-electron chi connectivity index (χ0n) is 11.7. The molecule has 0 bridgehead atoms. The Balaban J connectivity index is 2.24. The molecule has 0 fully saturated rings. The number of carbonyl (C=O) groups is 2. The van der Waals surface area contributed by atoms with Crippen LogP contribution < -0.4 is 0 Å². The van der Waals surface area contributed by atoms with Crippen molar-refractivity contribution in [1.29, 1.82) is 0 Å². The molecule has 0 aliphatic heterocycles. The lowest BCUT2D eigenvalue weighted by Crippen LogP contribution is -2.34. The van der Waals surface area contributed by atoms with Gasteiger partial charge in [0.15, 0.2) is 0 Å². The van der Waals surface area contributed by atoms with Crippen molar-refractivity contribution in [2.75, 3.05) is 13.6 Å². The minimum Gasteiger partial charge on any atom is -0.481 e. The van der Waals surface area contributed by atoms with E-state index in [2.05, 4.69) is 4.98 Å². The molecule has 1 aromatic carbocycles. The van der Waals surface area contributed by atoms with Crippen LogP contribution in [0.2, 0.25) is 5.02 Å². The summed E-state index contributed by atoms with van der Waals surface area (Å²) in [6, 6.07) is 8.69. The molecule has 1 N–H and O–H groups in total. The van der Waals surface area contributed by atoms with E-state index < -0.39 is 11.9 Å². The number of benzene rings is 1. The number of hydrogen-bond acceptors (Lipinski definition) is 3. The average molecular weight is 307 g/mol. The predicted octanol–water partition coefficient (Wildman–Crippen LogP) is 2.68. The van der Waals surface area contributed by atoms with Crippen LogP contribution in [0.3, 0.4) is 0 Å². The lowest BCUT2D eigenvalue weighted by Gasteiger charge is -2.19. The summed E-state index contributed by atoms with van der Waals surface area (Å²) in [7, 11) is 1.56. The van der Waals surface area contributed by atoms with Gasteiger partial charge in [-0.2, -0.15) is 0 Å². The molecule has 1 unspecified atom stereocenters. The summed E-state index contributed by atoms with van der Waals surface area (Å²) in [4.78, 5) is 28.8. The third-order valence-corrected chi connectivity index (χ3v) is 3.42. The molecule has 0 spiro atoms. The number of carboxylic acid groups (broad SMARTS) is 1. The van der Waals surface area contributed by atoms with Crippen LogP contribution in [0.4, 0.5) is 0 Å². The molecule has 0 aliphatic rings. The van der Waals surface area contributed by atoms with E-state index in [-0.39, 0.29) is 18.1 Å². The van der Waals surface area contributed by atoms with Gasteiger partial charge in [0, 0.05) is 24.0 Å². The number of aliphatic carboxylic acids is 1. The number of pyridine rings is 1. The summed E-state index contributed by atoms with van der Waals surface area (Å²) in [6.45, 7) is 1.68. The van der Waals surface area contributed by atoms with E-state index in [1.807, 2.05) is 6.07 Å². The minimum atomic E-state index is -0.937. The van der Waals surface area contributed by atoms with Crippen molar-refractivity contribution in [3.63, 3.8) is 0 Å². The maximum absolute atomic E-state index is 12.3. The summed E-state index contributed by atoms with van der Waals surface area (Å²) in [5.74, 6) is -1.88. The smallest absolute Gasteiger partial charge is 0.308 e. The molecular formula is C15H15ClN2O3. The van der Waals surface area contributed by atoms with Gasteiger partial charge in [-0.3, -0.25) is 9.59 Å². The number of fused-ring (bicyclic) bond motifs is 1. The molecule has 0 saturated heterocycles. The molecule has 1 heterocycles. The van der Waals surface area contributed by atoms with Gasteiger partial charge < -0.3 is 10.0 Å². The molecule has 110 valence electrons. The first-order valence-electron chi connectivity index (χ1n) is 6.43. The third-order valence-electron chi connectivity index (χ3n) is 3.19. The van der Waals surface area contributed by atoms with E-state index in [1.54, 1.807) is 38.2 Å². The minimum absolute atomic E-state index is 0.128. The van der Waals surface area contributed by atoms with Gasteiger partial charge in [0.05, 0.1) is 11.4 Å². The Kier molecular flexibility index (Phi) is 4.43. The van der Waals surface area contributed by atoms with E-state index in [1.165, 1.54) is 4.90 Å². The standard InChI is InChI=1S/C15H15ClN2O3/c1-9(15(20)21)8-18(2)14(19)12-6-4-10-3-5-11(16)7-13(10)17-12/h3-7,9H,8H2,1-2H3,(H,20,21). The van der Waals surface area contributed by atoms with E-state index in [4.69, 9.17) is 16.7 Å². The molecule has 0 aliphatic carbocycles. The molecule has 0 radical (unpaired) electrons. The van der Waals surface area contributed by atoms with Crippen molar-refractivity contribution in [3.8, 4) is 0 Å². The maximum Gasteiger partial charge on any atom is 0.308 e. The lowest BCUT2D eigenvalue weighted by molar-refractivity contribution is -0.141. The van der Waals surface area contributed by atoms with Crippen molar-refractivity contribution < 1.29 is 14.7 Å². The van der Waals surface area contributed by atoms with Gasteiger partial charge in [-0.15, -0.1) is 0 Å². The van der Waals surface area contributed by atoms with E-state index >= 15 is 0 Å². The number of carboxylic acids is 1. The Morgan fingerprint density at radius 3 is 2.67 bits per heavy atom. The van der Waals surface area contributed by atoms with Crippen LogP contribution in [0.5, 0.6) is 0 Å². The maximum atomic E-state index is 12.3. The third kappa shape index (κ3) is 3.49. The first-order valence-corrected chi connectivity index (χ1v) is 6.81. The van der Waals surface area contributed by atoms with Gasteiger partial charge in [0.25, 0.3) is 5.91 Å². The van der Waals surface area contributed by atoms with Crippen LogP contribution in [0, 0.1) is 5.92 Å². The highest BCUT2D eigenvalue weighted by Crippen LogP contribution is 2.18. The highest BCUT2D eigenvalue weighted by atomic mass is 35.5. The first kappa shape index (κ1) is 15.3. The molecule has 2 aromatic rings. The Hall–Kier alpha value is -2.14. The summed E-state index contributed by atoms with van der Waals surface area (Å²) < 4.78 is 0. The number of halogens is 1. The molecular weight excluding hydrogens is 292 g/mol. The lowest BCUT2D eigenvalue weighted by atomic mass is 10.1. The van der Waals surface area contributed by atoms with Gasteiger partial charge in [0.2, 0.25) is 0 Å². The van der Waals surface area contributed by atoms with E-state index in [9.17, 15) is 9.59 Å². The first-order chi connectivity index (χ1) is 9.88. The summed E-state index contributed by atoms with van der Waals surface area (Å²) >= 11 is 5.92. The molecule has 1 aromatic heterocycles. The Morgan fingerprint density at radius 1 is 1.33 bits per heavy atom. The van der Waals surface area contributed by atoms with Crippen LogP contribution >= 0.6 is 11.6 Å². The van der Waals surface area contributed by atoms with Crippen LogP contribution in [0.1, 0.15) is 17.4 Å². The number of aromatic nitrogens is 1. The quantitative estimate of drug-likeness (QED) is 0.942. The number of hydrogen-bond donors (Lipinski definition) is 1. The predicted molar refractivity (Wildman–Crippen MR) is 80.5 cm³/mol. The van der Waals surface area contributed by atoms with Crippen LogP contribution in [-0.4, -0.2) is 40.5 Å². The number of carbonyl (C=O) groups excluding carboxylic acids is 1. The highest BCUT2D eigenvalue weighted by Gasteiger charge is 2.19. The second kappa shape index (κ2) is 6.10. The van der Waals surface area contributed by atoms with Gasteiger partial charge in [-0.05, 0) is 18.2 Å². The molecule has 6 heteroatoms. The number of nitrogens with zero attached hydrogens (tertiary/aromatic N) is 2. The van der Waals surface area contributed by atoms with Crippen LogP contribution in [-0.2, 0) is 4.79 Å². The fourth-order valence-electron chi connectivity index (χ4n) is 1.98. The van der Waals surface area contributed by atoms with Crippen molar-refractivity contribution in [1.82, 2.24) is 9.88 Å². The van der Waals surface area contributed by atoms with E-state index in [0.717, 1.165) is 5.39 Å². The van der Waals surface area contributed by atoms with Gasteiger partial charge in [-0.25, -0.2) is 4.98 Å². The van der Waals surface area contributed by atoms with Gasteiger partial charge in [0.1, 0.15) is 5.69 Å². The van der Waals surface area contributed by atoms with Crippen molar-refractivity contribution in [2.24, 2.45) is 5.92 Å². The normalized spacial score (nSPS) is 12.1. The van der Waals surface area contributed by atoms with Gasteiger partial charge >= 0.3 is 5.97 Å². The zero-order chi connectivity index (χ0) is 15.6. The number of rotatable bonds is 4. The zero-order valence-corrected chi connectivity index (χ0v) is 12.5. The molecule has 2 rings (SSSR count). The largest absolute Gasteiger partial charge is 0.481 e. The highest BCUT2D eigenvalue weighted by molar-refractivity contribution is 6.31. The second-order valence-electron chi connectivity index (χ2n) is 4.96. The summed E-state index contributed by atoms with van der Waals surface area (Å²) in [5, 5.41) is 10.3. The van der Waals surface area contributed by atoms with Crippen LogP contribution in [0.25, 0.3) is 10.9 Å². The molecule has 5 nitrogen and oxygen atoms in total. The fourth-order valence-corrected chi connectivity index (χ4v) is 2.14. The van der Waals surface area contributed by atoms with Crippen molar-refractivity contribution in [2.45, 2.75) is 6.92 Å². The second-order valence-corrected chi connectivity index (χ2v) is 5.39. The van der Waals surface area contributed by atoms with Crippen molar-refractivity contribution >= 4 is 34.4 Å².